The second kappa shape index (κ2) is 6.48. The number of nitrogens with one attached hydrogen (secondary N) is 2. The number of nitriles is 1. The Balaban J connectivity index is 1.83. The summed E-state index contributed by atoms with van der Waals surface area (Å²) >= 11 is 0. The fourth-order valence-corrected chi connectivity index (χ4v) is 1.79. The summed E-state index contributed by atoms with van der Waals surface area (Å²) in [6, 6.07) is 5.20. The highest BCUT2D eigenvalue weighted by atomic mass is 16.1. The van der Waals surface area contributed by atoms with E-state index in [1.807, 2.05) is 6.07 Å². The number of carbonyl (C=O) groups is 1. The number of pyridine rings is 1. The van der Waals surface area contributed by atoms with Crippen LogP contribution in [-0.4, -0.2) is 27.4 Å². The summed E-state index contributed by atoms with van der Waals surface area (Å²) in [4.78, 5) is 23.1. The van der Waals surface area contributed by atoms with Crippen molar-refractivity contribution in [1.82, 2.24) is 20.3 Å². The topological polar surface area (TPSA) is 94.5 Å². The predicted octanol–water partition coefficient (Wildman–Crippen LogP) is 1.35. The molecular weight excluding hydrogens is 254 g/mol. The van der Waals surface area contributed by atoms with Crippen molar-refractivity contribution in [1.29, 1.82) is 5.26 Å². The van der Waals surface area contributed by atoms with Crippen molar-refractivity contribution in [3.05, 3.63) is 47.3 Å². The largest absolute Gasteiger partial charge is 0.351 e. The van der Waals surface area contributed by atoms with Crippen molar-refractivity contribution < 1.29 is 4.79 Å². The van der Waals surface area contributed by atoms with Gasteiger partial charge in [0.05, 0.1) is 11.3 Å². The number of carbonyl (C=O) groups excluding carboxylic acids is 1. The number of rotatable bonds is 5. The van der Waals surface area contributed by atoms with Crippen LogP contribution in [0.4, 0.5) is 0 Å². The molecule has 0 aliphatic carbocycles. The van der Waals surface area contributed by atoms with E-state index in [1.54, 1.807) is 31.5 Å². The lowest BCUT2D eigenvalue weighted by Gasteiger charge is -2.05. The molecule has 2 heterocycles. The van der Waals surface area contributed by atoms with E-state index in [-0.39, 0.29) is 5.91 Å². The monoisotopic (exact) mass is 269 g/mol. The van der Waals surface area contributed by atoms with Gasteiger partial charge >= 0.3 is 0 Å². The van der Waals surface area contributed by atoms with Crippen molar-refractivity contribution >= 4 is 5.91 Å². The van der Waals surface area contributed by atoms with Crippen molar-refractivity contribution in [2.45, 2.75) is 19.8 Å². The number of H-pyrrole nitrogens is 1. The number of aromatic nitrogens is 3. The fraction of sp³-hybridized carbons (Fsp3) is 0.286. The Labute approximate surface area is 116 Å². The van der Waals surface area contributed by atoms with Gasteiger partial charge in [-0.05, 0) is 25.5 Å². The van der Waals surface area contributed by atoms with Crippen molar-refractivity contribution in [3.8, 4) is 6.07 Å². The van der Waals surface area contributed by atoms with Crippen LogP contribution in [0.3, 0.4) is 0 Å². The van der Waals surface area contributed by atoms with E-state index in [1.165, 1.54) is 0 Å². The van der Waals surface area contributed by atoms with Gasteiger partial charge in [-0.25, -0.2) is 9.97 Å². The van der Waals surface area contributed by atoms with E-state index in [2.05, 4.69) is 20.3 Å². The van der Waals surface area contributed by atoms with Gasteiger partial charge in [-0.3, -0.25) is 4.79 Å². The van der Waals surface area contributed by atoms with Gasteiger partial charge in [0.15, 0.2) is 0 Å². The minimum Gasteiger partial charge on any atom is -0.351 e. The second-order valence-electron chi connectivity index (χ2n) is 4.34. The summed E-state index contributed by atoms with van der Waals surface area (Å²) in [6.07, 6.45) is 5.07. The van der Waals surface area contributed by atoms with Gasteiger partial charge in [-0.2, -0.15) is 5.26 Å². The molecule has 2 rings (SSSR count). The maximum atomic E-state index is 11.9. The maximum Gasteiger partial charge on any atom is 0.269 e. The molecule has 0 bridgehead atoms. The number of imidazole rings is 1. The van der Waals surface area contributed by atoms with Gasteiger partial charge in [0.2, 0.25) is 0 Å². The Hall–Kier alpha value is -2.68. The average Bonchev–Trinajstić information content (AvgIpc) is 2.96. The molecular formula is C14H15N5O. The summed E-state index contributed by atoms with van der Waals surface area (Å²) in [7, 11) is 0. The highest BCUT2D eigenvalue weighted by Gasteiger charge is 2.08. The molecule has 6 nitrogen and oxygen atoms in total. The minimum absolute atomic E-state index is 0.225. The molecule has 20 heavy (non-hydrogen) atoms. The lowest BCUT2D eigenvalue weighted by molar-refractivity contribution is 0.0948. The molecule has 2 N–H and O–H groups in total. The first-order valence-corrected chi connectivity index (χ1v) is 6.35. The van der Waals surface area contributed by atoms with E-state index in [4.69, 9.17) is 5.26 Å². The van der Waals surface area contributed by atoms with Crippen LogP contribution < -0.4 is 5.32 Å². The van der Waals surface area contributed by atoms with Gasteiger partial charge in [-0.15, -0.1) is 0 Å². The molecule has 0 saturated carbocycles. The molecule has 0 spiro atoms. The molecule has 102 valence electrons. The number of hydrogen-bond donors (Lipinski definition) is 2. The maximum absolute atomic E-state index is 11.9. The third kappa shape index (κ3) is 3.42. The molecule has 6 heteroatoms. The molecule has 0 atom stereocenters. The zero-order chi connectivity index (χ0) is 14.4. The molecule has 2 aromatic rings. The van der Waals surface area contributed by atoms with Crippen LogP contribution in [0, 0.1) is 18.3 Å². The Bertz CT molecular complexity index is 628. The number of hydrogen-bond acceptors (Lipinski definition) is 4. The summed E-state index contributed by atoms with van der Waals surface area (Å²) in [5.41, 5.74) is 1.38. The van der Waals surface area contributed by atoms with Gasteiger partial charge in [0.25, 0.3) is 5.91 Å². The number of aryl methyl sites for hydroxylation is 2. The SMILES string of the molecule is Cc1nc(C(=O)NCCCc2ncc[nH]2)ccc1C#N. The van der Waals surface area contributed by atoms with Crippen LogP contribution in [0.1, 0.15) is 34.0 Å². The number of nitrogens with zero attached hydrogens (tertiary/aromatic N) is 3. The predicted molar refractivity (Wildman–Crippen MR) is 72.9 cm³/mol. The van der Waals surface area contributed by atoms with Crippen molar-refractivity contribution in [2.75, 3.05) is 6.54 Å². The van der Waals surface area contributed by atoms with Gasteiger partial charge in [0.1, 0.15) is 17.6 Å². The summed E-state index contributed by atoms with van der Waals surface area (Å²) < 4.78 is 0. The molecule has 0 radical (unpaired) electrons. The Morgan fingerprint density at radius 3 is 3.00 bits per heavy atom. The quantitative estimate of drug-likeness (QED) is 0.801. The van der Waals surface area contributed by atoms with Crippen LogP contribution in [0.15, 0.2) is 24.5 Å². The van der Waals surface area contributed by atoms with Gasteiger partial charge in [-0.1, -0.05) is 0 Å². The Morgan fingerprint density at radius 2 is 2.35 bits per heavy atom. The van der Waals surface area contributed by atoms with Gasteiger partial charge < -0.3 is 10.3 Å². The third-order valence-corrected chi connectivity index (χ3v) is 2.87. The van der Waals surface area contributed by atoms with E-state index in [9.17, 15) is 4.79 Å². The Kier molecular flexibility index (Phi) is 4.45. The first-order chi connectivity index (χ1) is 9.70. The second-order valence-corrected chi connectivity index (χ2v) is 4.34. The normalized spacial score (nSPS) is 10.0. The Morgan fingerprint density at radius 1 is 1.50 bits per heavy atom. The lowest BCUT2D eigenvalue weighted by atomic mass is 10.2. The smallest absolute Gasteiger partial charge is 0.269 e. The van der Waals surface area contributed by atoms with Crippen LogP contribution in [-0.2, 0) is 6.42 Å². The number of amides is 1. The average molecular weight is 269 g/mol. The first-order valence-electron chi connectivity index (χ1n) is 6.35. The van der Waals surface area contributed by atoms with Crippen LogP contribution >= 0.6 is 0 Å². The number of aromatic amines is 1. The third-order valence-electron chi connectivity index (χ3n) is 2.87. The lowest BCUT2D eigenvalue weighted by Crippen LogP contribution is -2.26. The summed E-state index contributed by atoms with van der Waals surface area (Å²) in [5.74, 6) is 0.684. The first kappa shape index (κ1) is 13.7. The van der Waals surface area contributed by atoms with E-state index >= 15 is 0 Å². The molecule has 0 aliphatic rings. The fourth-order valence-electron chi connectivity index (χ4n) is 1.79. The molecule has 0 aliphatic heterocycles. The molecule has 1 amide bonds. The highest BCUT2D eigenvalue weighted by molar-refractivity contribution is 5.92. The van der Waals surface area contributed by atoms with Crippen molar-refractivity contribution in [2.24, 2.45) is 0 Å². The van der Waals surface area contributed by atoms with Gasteiger partial charge in [0, 0.05) is 25.4 Å². The van der Waals surface area contributed by atoms with E-state index in [0.717, 1.165) is 18.7 Å². The van der Waals surface area contributed by atoms with Crippen LogP contribution in [0.5, 0.6) is 0 Å². The summed E-state index contributed by atoms with van der Waals surface area (Å²) in [5, 5.41) is 11.6. The molecule has 0 aromatic carbocycles. The van der Waals surface area contributed by atoms with E-state index < -0.39 is 0 Å². The molecule has 2 aromatic heterocycles. The van der Waals surface area contributed by atoms with Crippen LogP contribution in [0.2, 0.25) is 0 Å². The highest BCUT2D eigenvalue weighted by Crippen LogP contribution is 2.05. The molecule has 0 saturated heterocycles. The minimum atomic E-state index is -0.225. The van der Waals surface area contributed by atoms with Crippen molar-refractivity contribution in [3.63, 3.8) is 0 Å². The van der Waals surface area contributed by atoms with Crippen LogP contribution in [0.25, 0.3) is 0 Å². The van der Waals surface area contributed by atoms with E-state index in [0.29, 0.717) is 23.5 Å². The molecule has 0 fully saturated rings. The zero-order valence-corrected chi connectivity index (χ0v) is 11.2. The zero-order valence-electron chi connectivity index (χ0n) is 11.2. The standard InChI is InChI=1S/C14H15N5O/c1-10-11(9-15)4-5-12(19-10)14(20)18-6-2-3-13-16-7-8-17-13/h4-5,7-8H,2-3,6H2,1H3,(H,16,17)(H,18,20). The molecule has 0 unspecified atom stereocenters. The summed E-state index contributed by atoms with van der Waals surface area (Å²) in [6.45, 7) is 2.27.